The van der Waals surface area contributed by atoms with Crippen LogP contribution in [0.3, 0.4) is 0 Å². The first kappa shape index (κ1) is 19.0. The Labute approximate surface area is 146 Å². The van der Waals surface area contributed by atoms with Crippen molar-refractivity contribution in [3.8, 4) is 5.75 Å². The van der Waals surface area contributed by atoms with E-state index in [1.54, 1.807) is 19.4 Å². The Morgan fingerprint density at radius 2 is 1.92 bits per heavy atom. The normalized spacial score (nSPS) is 26.7. The summed E-state index contributed by atoms with van der Waals surface area (Å²) in [7, 11) is 1.50. The highest BCUT2D eigenvalue weighted by atomic mass is 28.4. The maximum Gasteiger partial charge on any atom is 0.223 e. The Kier molecular flexibility index (Phi) is 5.75. The molecule has 2 rings (SSSR count). The van der Waals surface area contributed by atoms with Crippen LogP contribution in [0.5, 0.6) is 5.75 Å². The van der Waals surface area contributed by atoms with E-state index in [2.05, 4.69) is 25.7 Å². The van der Waals surface area contributed by atoms with Crippen molar-refractivity contribution in [3.63, 3.8) is 0 Å². The monoisotopic (exact) mass is 351 g/mol. The molecule has 0 aromatic heterocycles. The first-order valence-electron chi connectivity index (χ1n) is 8.25. The van der Waals surface area contributed by atoms with Gasteiger partial charge in [0.2, 0.25) is 8.32 Å². The number of methoxy groups -OCH3 is 2. The summed E-state index contributed by atoms with van der Waals surface area (Å²) in [6.45, 7) is 10.3. The molecule has 0 spiro atoms. The number of nitrogens with zero attached hydrogens (tertiary/aromatic N) is 1. The Bertz CT molecular complexity index is 599. The Hall–Kier alpha value is -1.34. The van der Waals surface area contributed by atoms with Gasteiger partial charge in [-0.1, -0.05) is 24.3 Å². The molecule has 1 saturated heterocycles. The van der Waals surface area contributed by atoms with Crippen molar-refractivity contribution >= 4 is 8.32 Å². The number of rotatable bonds is 5. The predicted octanol–water partition coefficient (Wildman–Crippen LogP) is 4.45. The van der Waals surface area contributed by atoms with Gasteiger partial charge >= 0.3 is 0 Å². The zero-order valence-electron chi connectivity index (χ0n) is 15.8. The number of allylic oxidation sites excluding steroid dienone is 2. The fourth-order valence-corrected chi connectivity index (χ4v) is 3.48. The summed E-state index contributed by atoms with van der Waals surface area (Å²) in [5.74, 6) is 0.147. The minimum absolute atomic E-state index is 0.0567. The lowest BCUT2D eigenvalue weighted by molar-refractivity contribution is -0.422. The van der Waals surface area contributed by atoms with Gasteiger partial charge in [0.25, 0.3) is 0 Å². The summed E-state index contributed by atoms with van der Waals surface area (Å²) in [6.07, 6.45) is 2.71. The van der Waals surface area contributed by atoms with Crippen molar-refractivity contribution < 1.29 is 18.8 Å². The maximum atomic E-state index is 6.17. The molecule has 5 nitrogen and oxygen atoms in total. The molecule has 0 amide bonds. The highest BCUT2D eigenvalue weighted by Gasteiger charge is 2.44. The highest BCUT2D eigenvalue weighted by molar-refractivity contribution is 6.69. The predicted molar refractivity (Wildman–Crippen MR) is 96.9 cm³/mol. The molecule has 0 unspecified atom stereocenters. The summed E-state index contributed by atoms with van der Waals surface area (Å²) in [5.41, 5.74) is 2.07. The molecular formula is C18H29NO4Si. The Balaban J connectivity index is 2.47. The average Bonchev–Trinajstić information content (AvgIpc) is 2.53. The van der Waals surface area contributed by atoms with Crippen molar-refractivity contribution in [2.75, 3.05) is 14.2 Å². The van der Waals surface area contributed by atoms with Crippen LogP contribution in [0.25, 0.3) is 0 Å². The minimum atomic E-state index is -1.86. The van der Waals surface area contributed by atoms with Gasteiger partial charge in [0.1, 0.15) is 5.75 Å². The molecule has 6 heteroatoms. The second-order valence-corrected chi connectivity index (χ2v) is 11.5. The molecule has 1 aliphatic heterocycles. The molecule has 1 aromatic carbocycles. The van der Waals surface area contributed by atoms with Gasteiger partial charge in [-0.3, -0.25) is 4.53 Å². The Morgan fingerprint density at radius 1 is 1.25 bits per heavy atom. The van der Waals surface area contributed by atoms with Crippen LogP contribution in [0.15, 0.2) is 36.0 Å². The minimum Gasteiger partial charge on any atom is -0.496 e. The quantitative estimate of drug-likeness (QED) is 0.733. The van der Waals surface area contributed by atoms with Crippen LogP contribution in [0.2, 0.25) is 19.6 Å². The number of hydroxylamine groups is 2. The summed E-state index contributed by atoms with van der Waals surface area (Å²) in [6, 6.07) is 8.06. The molecule has 0 aliphatic carbocycles. The summed E-state index contributed by atoms with van der Waals surface area (Å²) in [4.78, 5) is 6.04. The van der Waals surface area contributed by atoms with Crippen LogP contribution in [0, 0.1) is 0 Å². The lowest BCUT2D eigenvalue weighted by Crippen LogP contribution is -2.50. The maximum absolute atomic E-state index is 6.17. The number of benzene rings is 1. The smallest absolute Gasteiger partial charge is 0.223 e. The zero-order chi connectivity index (χ0) is 18.0. The van der Waals surface area contributed by atoms with Crippen LogP contribution in [-0.2, 0) is 14.1 Å². The highest BCUT2D eigenvalue weighted by Crippen LogP contribution is 2.45. The standard InChI is InChI=1S/C18H29NO4Si/c1-8-16-15(14-11-9-10-12-17(14)20-3)13-18(2,21-4)22-19(16)23-24(5,6)7/h8-12,15H,13H2,1-7H3/b16-8+/t15-,18-/m0/s1. The second kappa shape index (κ2) is 7.27. The van der Waals surface area contributed by atoms with Crippen LogP contribution in [-0.4, -0.2) is 33.6 Å². The van der Waals surface area contributed by atoms with Gasteiger partial charge in [-0.2, -0.15) is 0 Å². The molecule has 1 fully saturated rings. The van der Waals surface area contributed by atoms with E-state index in [4.69, 9.17) is 18.8 Å². The average molecular weight is 352 g/mol. The zero-order valence-corrected chi connectivity index (χ0v) is 16.8. The SMILES string of the molecule is C/C=C1\[C@H](c2ccccc2OC)C[C@@](C)(OC)ON1O[Si](C)(C)C. The van der Waals surface area contributed by atoms with Gasteiger partial charge in [0.15, 0.2) is 5.79 Å². The molecule has 2 atom stereocenters. The van der Waals surface area contributed by atoms with Gasteiger partial charge in [-0.15, -0.1) is 5.23 Å². The van der Waals surface area contributed by atoms with Gasteiger partial charge in [-0.05, 0) is 39.6 Å². The van der Waals surface area contributed by atoms with Crippen molar-refractivity contribution in [2.45, 2.75) is 51.6 Å². The number of para-hydroxylation sites is 1. The molecule has 0 N–H and O–H groups in total. The molecule has 0 saturated carbocycles. The summed E-state index contributed by atoms with van der Waals surface area (Å²) < 4.78 is 17.4. The van der Waals surface area contributed by atoms with E-state index in [0.717, 1.165) is 17.0 Å². The lowest BCUT2D eigenvalue weighted by atomic mass is 9.87. The molecular weight excluding hydrogens is 322 g/mol. The van der Waals surface area contributed by atoms with E-state index in [0.29, 0.717) is 6.42 Å². The number of ether oxygens (including phenoxy) is 2. The molecule has 1 aliphatic rings. The topological polar surface area (TPSA) is 40.2 Å². The van der Waals surface area contributed by atoms with Gasteiger partial charge in [0.05, 0.1) is 12.8 Å². The third kappa shape index (κ3) is 4.19. The van der Waals surface area contributed by atoms with Crippen LogP contribution >= 0.6 is 0 Å². The fraction of sp³-hybridized carbons (Fsp3) is 0.556. The van der Waals surface area contributed by atoms with E-state index in [9.17, 15) is 0 Å². The van der Waals surface area contributed by atoms with Gasteiger partial charge < -0.3 is 9.47 Å². The van der Waals surface area contributed by atoms with Crippen LogP contribution < -0.4 is 4.74 Å². The van der Waals surface area contributed by atoms with Crippen molar-refractivity contribution in [2.24, 2.45) is 0 Å². The third-order valence-corrected chi connectivity index (χ3v) is 4.73. The lowest BCUT2D eigenvalue weighted by Gasteiger charge is -2.46. The van der Waals surface area contributed by atoms with E-state index < -0.39 is 14.1 Å². The van der Waals surface area contributed by atoms with E-state index in [-0.39, 0.29) is 5.92 Å². The largest absolute Gasteiger partial charge is 0.496 e. The van der Waals surface area contributed by atoms with Crippen LogP contribution in [0.1, 0.15) is 31.7 Å². The summed E-state index contributed by atoms with van der Waals surface area (Å²) >= 11 is 0. The van der Waals surface area contributed by atoms with E-state index in [1.807, 2.05) is 38.1 Å². The third-order valence-electron chi connectivity index (χ3n) is 4.02. The fourth-order valence-electron chi connectivity index (χ4n) is 2.84. The first-order valence-corrected chi connectivity index (χ1v) is 11.7. The molecule has 0 bridgehead atoms. The van der Waals surface area contributed by atoms with Crippen molar-refractivity contribution in [1.82, 2.24) is 5.23 Å². The molecule has 1 heterocycles. The molecule has 0 radical (unpaired) electrons. The second-order valence-electron chi connectivity index (χ2n) is 7.10. The number of hydrogen-bond donors (Lipinski definition) is 0. The van der Waals surface area contributed by atoms with Gasteiger partial charge in [-0.25, -0.2) is 4.84 Å². The first-order chi connectivity index (χ1) is 11.2. The molecule has 24 heavy (non-hydrogen) atoms. The van der Waals surface area contributed by atoms with E-state index >= 15 is 0 Å². The van der Waals surface area contributed by atoms with Crippen molar-refractivity contribution in [1.29, 1.82) is 0 Å². The molecule has 1 aromatic rings. The summed E-state index contributed by atoms with van der Waals surface area (Å²) in [5, 5.41) is 1.57. The van der Waals surface area contributed by atoms with Crippen molar-refractivity contribution in [3.05, 3.63) is 41.6 Å². The Morgan fingerprint density at radius 3 is 2.46 bits per heavy atom. The number of hydrogen-bond acceptors (Lipinski definition) is 5. The molecule has 134 valence electrons. The van der Waals surface area contributed by atoms with Crippen LogP contribution in [0.4, 0.5) is 0 Å². The van der Waals surface area contributed by atoms with Gasteiger partial charge in [0, 0.05) is 25.0 Å². The van der Waals surface area contributed by atoms with E-state index in [1.165, 1.54) is 0 Å².